The fraction of sp³-hybridized carbons (Fsp3) is 0.429. The van der Waals surface area contributed by atoms with Crippen molar-refractivity contribution in [1.82, 2.24) is 4.90 Å². The third kappa shape index (κ3) is 2.89. The molecule has 1 atom stereocenters. The van der Waals surface area contributed by atoms with Gasteiger partial charge in [-0.1, -0.05) is 29.7 Å². The van der Waals surface area contributed by atoms with Crippen LogP contribution in [0.15, 0.2) is 23.4 Å². The normalized spacial score (nSPS) is 21.7. The average Bonchev–Trinajstić information content (AvgIpc) is 2.38. The summed E-state index contributed by atoms with van der Waals surface area (Å²) in [6.07, 6.45) is 0.604. The molecule has 102 valence electrons. The molecule has 0 aromatic heterocycles. The van der Waals surface area contributed by atoms with Crippen LogP contribution in [0.2, 0.25) is 5.02 Å². The Labute approximate surface area is 117 Å². The summed E-state index contributed by atoms with van der Waals surface area (Å²) in [7, 11) is 0. The first-order valence-corrected chi connectivity index (χ1v) is 6.67. The average molecular weight is 281 g/mol. The van der Waals surface area contributed by atoms with Crippen LogP contribution in [0.5, 0.6) is 0 Å². The first-order valence-electron chi connectivity index (χ1n) is 6.29. The highest BCUT2D eigenvalue weighted by molar-refractivity contribution is 6.33. The largest absolute Gasteiger partial charge is 0.411 e. The summed E-state index contributed by atoms with van der Waals surface area (Å²) in [6.45, 7) is 5.01. The molecule has 1 aromatic carbocycles. The number of aryl methyl sites for hydroxylation is 1. The molecule has 1 heterocycles. The lowest BCUT2D eigenvalue weighted by molar-refractivity contribution is 0.0734. The van der Waals surface area contributed by atoms with Crippen LogP contribution >= 0.6 is 11.6 Å². The molecule has 1 amide bonds. The minimum absolute atomic E-state index is 0.0613. The molecule has 0 saturated carbocycles. The Kier molecular flexibility index (Phi) is 4.10. The van der Waals surface area contributed by atoms with Crippen molar-refractivity contribution < 1.29 is 10.0 Å². The van der Waals surface area contributed by atoms with E-state index in [0.29, 0.717) is 30.1 Å². The molecule has 2 rings (SSSR count). The van der Waals surface area contributed by atoms with Crippen molar-refractivity contribution in [3.63, 3.8) is 0 Å². The van der Waals surface area contributed by atoms with E-state index in [9.17, 15) is 4.79 Å². The number of nitrogens with zero attached hydrogens (tertiary/aromatic N) is 2. The SMILES string of the molecule is Cc1ccc(C(=O)N2CC/C(=N\O)C(C)C2)c(Cl)c1. The zero-order chi connectivity index (χ0) is 14.0. The summed E-state index contributed by atoms with van der Waals surface area (Å²) < 4.78 is 0. The number of oxime groups is 1. The standard InChI is InChI=1S/C14H17ClN2O2/c1-9-3-4-11(12(15)7-9)14(18)17-6-5-13(16-19)10(2)8-17/h3-4,7,10,19H,5-6,8H2,1-2H3/b16-13+. The number of rotatable bonds is 1. The Balaban J connectivity index is 2.17. The van der Waals surface area contributed by atoms with E-state index in [1.807, 2.05) is 19.9 Å². The number of benzene rings is 1. The van der Waals surface area contributed by atoms with E-state index in [1.54, 1.807) is 17.0 Å². The maximum atomic E-state index is 12.4. The van der Waals surface area contributed by atoms with Crippen LogP contribution in [-0.2, 0) is 0 Å². The molecule has 0 aliphatic carbocycles. The van der Waals surface area contributed by atoms with Gasteiger partial charge in [0.15, 0.2) is 0 Å². The molecule has 1 aliphatic heterocycles. The van der Waals surface area contributed by atoms with Gasteiger partial charge in [0, 0.05) is 25.4 Å². The molecule has 4 nitrogen and oxygen atoms in total. The lowest BCUT2D eigenvalue weighted by Gasteiger charge is -2.31. The number of halogens is 1. The minimum Gasteiger partial charge on any atom is -0.411 e. The van der Waals surface area contributed by atoms with Gasteiger partial charge in [-0.25, -0.2) is 0 Å². The highest BCUT2D eigenvalue weighted by atomic mass is 35.5. The monoisotopic (exact) mass is 280 g/mol. The van der Waals surface area contributed by atoms with Gasteiger partial charge in [-0.2, -0.15) is 0 Å². The van der Waals surface area contributed by atoms with Gasteiger partial charge in [-0.15, -0.1) is 0 Å². The number of piperidine rings is 1. The first kappa shape index (κ1) is 13.9. The Hall–Kier alpha value is -1.55. The third-order valence-electron chi connectivity index (χ3n) is 3.47. The zero-order valence-electron chi connectivity index (χ0n) is 11.1. The van der Waals surface area contributed by atoms with Crippen molar-refractivity contribution in [2.24, 2.45) is 11.1 Å². The molecule has 5 heteroatoms. The van der Waals surface area contributed by atoms with Crippen molar-refractivity contribution in [2.45, 2.75) is 20.3 Å². The smallest absolute Gasteiger partial charge is 0.255 e. The molecule has 0 bridgehead atoms. The van der Waals surface area contributed by atoms with Crippen molar-refractivity contribution in [3.8, 4) is 0 Å². The van der Waals surface area contributed by atoms with E-state index in [2.05, 4.69) is 5.16 Å². The van der Waals surface area contributed by atoms with Gasteiger partial charge in [0.1, 0.15) is 0 Å². The summed E-state index contributed by atoms with van der Waals surface area (Å²) >= 11 is 6.12. The fourth-order valence-corrected chi connectivity index (χ4v) is 2.64. The predicted molar refractivity (Wildman–Crippen MR) is 75.1 cm³/mol. The van der Waals surface area contributed by atoms with Crippen LogP contribution in [0.1, 0.15) is 29.3 Å². The van der Waals surface area contributed by atoms with Gasteiger partial charge in [-0.3, -0.25) is 4.79 Å². The molecule has 1 unspecified atom stereocenters. The third-order valence-corrected chi connectivity index (χ3v) is 3.78. The van der Waals surface area contributed by atoms with Crippen molar-refractivity contribution >= 4 is 23.2 Å². The maximum Gasteiger partial charge on any atom is 0.255 e. The zero-order valence-corrected chi connectivity index (χ0v) is 11.8. The molecule has 1 fully saturated rings. The van der Waals surface area contributed by atoms with Crippen LogP contribution in [0, 0.1) is 12.8 Å². The quantitative estimate of drug-likeness (QED) is 0.635. The number of amides is 1. The van der Waals surface area contributed by atoms with Crippen molar-refractivity contribution in [1.29, 1.82) is 0 Å². The van der Waals surface area contributed by atoms with Crippen LogP contribution < -0.4 is 0 Å². The van der Waals surface area contributed by atoms with E-state index in [0.717, 1.165) is 11.3 Å². The second-order valence-electron chi connectivity index (χ2n) is 4.98. The minimum atomic E-state index is -0.0613. The molecule has 1 aliphatic rings. The topological polar surface area (TPSA) is 52.9 Å². The molecule has 19 heavy (non-hydrogen) atoms. The molecule has 1 aromatic rings. The highest BCUT2D eigenvalue weighted by Gasteiger charge is 2.27. The number of hydrogen-bond acceptors (Lipinski definition) is 3. The van der Waals surface area contributed by atoms with Crippen LogP contribution in [-0.4, -0.2) is 34.8 Å². The Morgan fingerprint density at radius 2 is 2.26 bits per heavy atom. The van der Waals surface area contributed by atoms with Gasteiger partial charge in [0.25, 0.3) is 5.91 Å². The Morgan fingerprint density at radius 3 is 2.84 bits per heavy atom. The van der Waals surface area contributed by atoms with E-state index in [1.165, 1.54) is 0 Å². The second kappa shape index (κ2) is 5.61. The Bertz CT molecular complexity index is 528. The lowest BCUT2D eigenvalue weighted by Crippen LogP contribution is -2.43. The summed E-state index contributed by atoms with van der Waals surface area (Å²) in [5.74, 6) is 0.0146. The van der Waals surface area contributed by atoms with Crippen molar-refractivity contribution in [2.75, 3.05) is 13.1 Å². The van der Waals surface area contributed by atoms with Crippen LogP contribution in [0.3, 0.4) is 0 Å². The molecule has 0 spiro atoms. The lowest BCUT2D eigenvalue weighted by atomic mass is 9.97. The van der Waals surface area contributed by atoms with E-state index < -0.39 is 0 Å². The highest BCUT2D eigenvalue weighted by Crippen LogP contribution is 2.22. The van der Waals surface area contributed by atoms with E-state index in [-0.39, 0.29) is 11.8 Å². The van der Waals surface area contributed by atoms with E-state index in [4.69, 9.17) is 16.8 Å². The molecule has 1 N–H and O–H groups in total. The molecule has 0 radical (unpaired) electrons. The number of hydrogen-bond donors (Lipinski definition) is 1. The first-order chi connectivity index (χ1) is 9.02. The molecule has 1 saturated heterocycles. The van der Waals surface area contributed by atoms with Crippen molar-refractivity contribution in [3.05, 3.63) is 34.3 Å². The maximum absolute atomic E-state index is 12.4. The second-order valence-corrected chi connectivity index (χ2v) is 5.38. The molecular weight excluding hydrogens is 264 g/mol. The van der Waals surface area contributed by atoms with Crippen LogP contribution in [0.4, 0.5) is 0 Å². The molecular formula is C14H17ClN2O2. The summed E-state index contributed by atoms with van der Waals surface area (Å²) in [4.78, 5) is 14.2. The van der Waals surface area contributed by atoms with Gasteiger partial charge in [0.2, 0.25) is 0 Å². The number of likely N-dealkylation sites (tertiary alicyclic amines) is 1. The van der Waals surface area contributed by atoms with Gasteiger partial charge >= 0.3 is 0 Å². The summed E-state index contributed by atoms with van der Waals surface area (Å²) in [5, 5.41) is 12.6. The van der Waals surface area contributed by atoms with Gasteiger partial charge in [-0.05, 0) is 24.6 Å². The Morgan fingerprint density at radius 1 is 1.53 bits per heavy atom. The predicted octanol–water partition coefficient (Wildman–Crippen LogP) is 2.96. The van der Waals surface area contributed by atoms with Crippen LogP contribution in [0.25, 0.3) is 0 Å². The summed E-state index contributed by atoms with van der Waals surface area (Å²) in [6, 6.07) is 5.44. The van der Waals surface area contributed by atoms with Gasteiger partial charge < -0.3 is 10.1 Å². The summed E-state index contributed by atoms with van der Waals surface area (Å²) in [5.41, 5.74) is 2.31. The van der Waals surface area contributed by atoms with E-state index >= 15 is 0 Å². The number of carbonyl (C=O) groups excluding carboxylic acids is 1. The van der Waals surface area contributed by atoms with Gasteiger partial charge in [0.05, 0.1) is 16.3 Å². The number of carbonyl (C=O) groups is 1. The fourth-order valence-electron chi connectivity index (χ4n) is 2.32.